The summed E-state index contributed by atoms with van der Waals surface area (Å²) in [7, 11) is 0. The molecule has 7 heteroatoms. The molecule has 0 spiro atoms. The minimum Gasteiger partial charge on any atom is -0.484 e. The van der Waals surface area contributed by atoms with Crippen LogP contribution in [-0.2, 0) is 4.79 Å². The van der Waals surface area contributed by atoms with E-state index < -0.39 is 18.7 Å². The van der Waals surface area contributed by atoms with Crippen molar-refractivity contribution < 1.29 is 27.4 Å². The molecule has 2 aromatic carbocycles. The summed E-state index contributed by atoms with van der Waals surface area (Å²) in [5.41, 5.74) is 1.21. The lowest BCUT2D eigenvalue weighted by Gasteiger charge is -2.14. The van der Waals surface area contributed by atoms with Gasteiger partial charge in [0.25, 0.3) is 5.91 Å². The standard InChI is InChI=1S/C17H16F3NO3/c1-12-6-8-13(9-7-12)23-10-16(22)21-14-4-2-3-5-15(14)24-11-17(18,19)20/h2-9H,10-11H2,1H3,(H,21,22). The first-order valence-corrected chi connectivity index (χ1v) is 7.11. The van der Waals surface area contributed by atoms with Crippen LogP contribution in [0.4, 0.5) is 18.9 Å². The lowest BCUT2D eigenvalue weighted by molar-refractivity contribution is -0.153. The lowest BCUT2D eigenvalue weighted by Crippen LogP contribution is -2.22. The lowest BCUT2D eigenvalue weighted by atomic mass is 10.2. The minimum absolute atomic E-state index is 0.0569. The molecular weight excluding hydrogens is 323 g/mol. The van der Waals surface area contributed by atoms with Crippen molar-refractivity contribution in [3.63, 3.8) is 0 Å². The second kappa shape index (κ2) is 7.72. The Bertz CT molecular complexity index is 684. The number of anilines is 1. The van der Waals surface area contributed by atoms with Gasteiger partial charge in [0.15, 0.2) is 13.2 Å². The molecule has 0 aliphatic carbocycles. The molecule has 128 valence electrons. The minimum atomic E-state index is -4.45. The van der Waals surface area contributed by atoms with Gasteiger partial charge in [-0.25, -0.2) is 0 Å². The van der Waals surface area contributed by atoms with Gasteiger partial charge < -0.3 is 14.8 Å². The Morgan fingerprint density at radius 3 is 2.38 bits per heavy atom. The number of nitrogens with one attached hydrogen (secondary N) is 1. The molecule has 0 fully saturated rings. The molecule has 0 bridgehead atoms. The zero-order valence-corrected chi connectivity index (χ0v) is 12.9. The van der Waals surface area contributed by atoms with E-state index in [-0.39, 0.29) is 18.0 Å². The summed E-state index contributed by atoms with van der Waals surface area (Å²) in [6.45, 7) is 0.227. The molecule has 0 saturated heterocycles. The third-order valence-electron chi connectivity index (χ3n) is 2.94. The van der Waals surface area contributed by atoms with Gasteiger partial charge in [-0.05, 0) is 31.2 Å². The highest BCUT2D eigenvalue weighted by atomic mass is 19.4. The molecule has 1 amide bonds. The predicted molar refractivity (Wildman–Crippen MR) is 83.3 cm³/mol. The van der Waals surface area contributed by atoms with Crippen molar-refractivity contribution in [3.05, 3.63) is 54.1 Å². The maximum absolute atomic E-state index is 12.2. The molecule has 0 radical (unpaired) electrons. The Balaban J connectivity index is 1.92. The molecule has 2 rings (SSSR count). The summed E-state index contributed by atoms with van der Waals surface area (Å²) < 4.78 is 46.7. The van der Waals surface area contributed by atoms with Crippen LogP contribution in [-0.4, -0.2) is 25.3 Å². The second-order valence-electron chi connectivity index (χ2n) is 5.05. The Morgan fingerprint density at radius 2 is 1.71 bits per heavy atom. The largest absolute Gasteiger partial charge is 0.484 e. The quantitative estimate of drug-likeness (QED) is 0.867. The van der Waals surface area contributed by atoms with Crippen LogP contribution in [0.1, 0.15) is 5.56 Å². The summed E-state index contributed by atoms with van der Waals surface area (Å²) in [4.78, 5) is 11.9. The molecule has 0 aromatic heterocycles. The monoisotopic (exact) mass is 339 g/mol. The summed E-state index contributed by atoms with van der Waals surface area (Å²) in [5, 5.41) is 2.47. The van der Waals surface area contributed by atoms with E-state index in [4.69, 9.17) is 9.47 Å². The number of alkyl halides is 3. The maximum Gasteiger partial charge on any atom is 0.422 e. The van der Waals surface area contributed by atoms with Crippen LogP contribution in [0.25, 0.3) is 0 Å². The van der Waals surface area contributed by atoms with Crippen LogP contribution in [0.2, 0.25) is 0 Å². The third kappa shape index (κ3) is 5.83. The van der Waals surface area contributed by atoms with Crippen molar-refractivity contribution in [1.82, 2.24) is 0 Å². The van der Waals surface area contributed by atoms with E-state index in [1.54, 1.807) is 18.2 Å². The number of amides is 1. The fourth-order valence-corrected chi connectivity index (χ4v) is 1.83. The van der Waals surface area contributed by atoms with Crippen molar-refractivity contribution in [2.45, 2.75) is 13.1 Å². The summed E-state index contributed by atoms with van der Waals surface area (Å²) in [5.74, 6) is -0.0329. The summed E-state index contributed by atoms with van der Waals surface area (Å²) in [6.07, 6.45) is -4.45. The van der Waals surface area contributed by atoms with Gasteiger partial charge >= 0.3 is 6.18 Å². The fourth-order valence-electron chi connectivity index (χ4n) is 1.83. The van der Waals surface area contributed by atoms with Crippen LogP contribution in [0.15, 0.2) is 48.5 Å². The first-order valence-electron chi connectivity index (χ1n) is 7.11. The van der Waals surface area contributed by atoms with Crippen molar-refractivity contribution in [2.75, 3.05) is 18.5 Å². The molecular formula is C17H16F3NO3. The summed E-state index contributed by atoms with van der Waals surface area (Å²) >= 11 is 0. The Kier molecular flexibility index (Phi) is 5.68. The van der Waals surface area contributed by atoms with E-state index in [1.165, 1.54) is 18.2 Å². The van der Waals surface area contributed by atoms with Gasteiger partial charge in [-0.3, -0.25) is 4.79 Å². The molecule has 0 saturated carbocycles. The van der Waals surface area contributed by atoms with Gasteiger partial charge in [0.1, 0.15) is 11.5 Å². The molecule has 24 heavy (non-hydrogen) atoms. The van der Waals surface area contributed by atoms with Gasteiger partial charge in [-0.1, -0.05) is 29.8 Å². The van der Waals surface area contributed by atoms with Gasteiger partial charge in [0.2, 0.25) is 0 Å². The van der Waals surface area contributed by atoms with Crippen molar-refractivity contribution >= 4 is 11.6 Å². The number of hydrogen-bond acceptors (Lipinski definition) is 3. The SMILES string of the molecule is Cc1ccc(OCC(=O)Nc2ccccc2OCC(F)(F)F)cc1. The number of hydrogen-bond donors (Lipinski definition) is 1. The highest BCUT2D eigenvalue weighted by molar-refractivity contribution is 5.93. The number of benzene rings is 2. The topological polar surface area (TPSA) is 47.6 Å². The molecule has 0 heterocycles. The van der Waals surface area contributed by atoms with Crippen LogP contribution < -0.4 is 14.8 Å². The highest BCUT2D eigenvalue weighted by Gasteiger charge is 2.28. The molecule has 0 aliphatic heterocycles. The number of halogens is 3. The zero-order valence-electron chi connectivity index (χ0n) is 12.9. The molecule has 0 unspecified atom stereocenters. The zero-order chi connectivity index (χ0) is 17.6. The maximum atomic E-state index is 12.2. The number of carbonyl (C=O) groups is 1. The normalized spacial score (nSPS) is 11.0. The van der Waals surface area contributed by atoms with Crippen molar-refractivity contribution in [3.8, 4) is 11.5 Å². The van der Waals surface area contributed by atoms with E-state index in [2.05, 4.69) is 5.32 Å². The highest BCUT2D eigenvalue weighted by Crippen LogP contribution is 2.26. The van der Waals surface area contributed by atoms with E-state index >= 15 is 0 Å². The van der Waals surface area contributed by atoms with Crippen molar-refractivity contribution in [1.29, 1.82) is 0 Å². The summed E-state index contributed by atoms with van der Waals surface area (Å²) in [6, 6.07) is 13.0. The Morgan fingerprint density at radius 1 is 1.04 bits per heavy atom. The number of aryl methyl sites for hydroxylation is 1. The van der Waals surface area contributed by atoms with Crippen LogP contribution in [0.5, 0.6) is 11.5 Å². The smallest absolute Gasteiger partial charge is 0.422 e. The number of para-hydroxylation sites is 2. The molecule has 0 aliphatic rings. The van der Waals surface area contributed by atoms with Crippen molar-refractivity contribution in [2.24, 2.45) is 0 Å². The van der Waals surface area contributed by atoms with E-state index in [0.717, 1.165) is 5.56 Å². The first-order chi connectivity index (χ1) is 11.3. The van der Waals surface area contributed by atoms with Crippen LogP contribution >= 0.6 is 0 Å². The van der Waals surface area contributed by atoms with Gasteiger partial charge in [-0.2, -0.15) is 13.2 Å². The van der Waals surface area contributed by atoms with Gasteiger partial charge in [0.05, 0.1) is 5.69 Å². The van der Waals surface area contributed by atoms with Crippen LogP contribution in [0, 0.1) is 6.92 Å². The Hall–Kier alpha value is -2.70. The van der Waals surface area contributed by atoms with Gasteiger partial charge in [-0.15, -0.1) is 0 Å². The number of ether oxygens (including phenoxy) is 2. The van der Waals surface area contributed by atoms with Gasteiger partial charge in [0, 0.05) is 0 Å². The number of rotatable bonds is 6. The molecule has 2 aromatic rings. The average Bonchev–Trinajstić information content (AvgIpc) is 2.53. The molecule has 1 N–H and O–H groups in total. The first kappa shape index (κ1) is 17.7. The predicted octanol–water partition coefficient (Wildman–Crippen LogP) is 3.95. The third-order valence-corrected chi connectivity index (χ3v) is 2.94. The van der Waals surface area contributed by atoms with E-state index in [1.807, 2.05) is 19.1 Å². The van der Waals surface area contributed by atoms with E-state index in [0.29, 0.717) is 5.75 Å². The number of carbonyl (C=O) groups excluding carboxylic acids is 1. The average molecular weight is 339 g/mol. The second-order valence-corrected chi connectivity index (χ2v) is 5.05. The molecule has 0 atom stereocenters. The van der Waals surface area contributed by atoms with Crippen LogP contribution in [0.3, 0.4) is 0 Å². The van der Waals surface area contributed by atoms with E-state index in [9.17, 15) is 18.0 Å². The Labute approximate surface area is 137 Å². The fraction of sp³-hybridized carbons (Fsp3) is 0.235. The molecule has 4 nitrogen and oxygen atoms in total.